The lowest BCUT2D eigenvalue weighted by molar-refractivity contribution is -0.128. The van der Waals surface area contributed by atoms with Gasteiger partial charge in [-0.2, -0.15) is 0 Å². The molecule has 1 fully saturated rings. The molecule has 3 aromatic carbocycles. The van der Waals surface area contributed by atoms with Crippen LogP contribution in [0.15, 0.2) is 72.8 Å². The molecule has 2 bridgehead atoms. The molecule has 158 valence electrons. The van der Waals surface area contributed by atoms with Gasteiger partial charge < -0.3 is 4.74 Å². The molecule has 1 aliphatic heterocycles. The first kappa shape index (κ1) is 19.0. The van der Waals surface area contributed by atoms with Crippen molar-refractivity contribution < 1.29 is 19.1 Å². The number of rotatable bonds is 2. The summed E-state index contributed by atoms with van der Waals surface area (Å²) >= 11 is 0. The first-order chi connectivity index (χ1) is 15.5. The van der Waals surface area contributed by atoms with Crippen LogP contribution in [-0.4, -0.2) is 24.9 Å². The summed E-state index contributed by atoms with van der Waals surface area (Å²) in [6.07, 6.45) is 0. The zero-order valence-corrected chi connectivity index (χ0v) is 17.7. The van der Waals surface area contributed by atoms with E-state index in [1.807, 2.05) is 31.2 Å². The fourth-order valence-corrected chi connectivity index (χ4v) is 6.22. The highest BCUT2D eigenvalue weighted by atomic mass is 16.5. The molecule has 1 heterocycles. The minimum absolute atomic E-state index is 0.159. The van der Waals surface area contributed by atoms with Crippen molar-refractivity contribution in [3.8, 4) is 0 Å². The lowest BCUT2D eigenvalue weighted by atomic mass is 9.48. The topological polar surface area (TPSA) is 63.7 Å². The summed E-state index contributed by atoms with van der Waals surface area (Å²) in [7, 11) is 1.32. The van der Waals surface area contributed by atoms with E-state index in [1.165, 1.54) is 12.0 Å². The van der Waals surface area contributed by atoms with E-state index in [0.29, 0.717) is 11.3 Å². The first-order valence-electron chi connectivity index (χ1n) is 10.7. The number of hydrogen-bond acceptors (Lipinski definition) is 4. The summed E-state index contributed by atoms with van der Waals surface area (Å²) in [5.74, 6) is -1.63. The second-order valence-corrected chi connectivity index (χ2v) is 8.95. The molecule has 0 saturated carbocycles. The molecular formula is C27H21NO4. The average Bonchev–Trinajstić information content (AvgIpc) is 3.04. The van der Waals surface area contributed by atoms with Gasteiger partial charge in [0.2, 0.25) is 11.8 Å². The van der Waals surface area contributed by atoms with Crippen LogP contribution in [0.3, 0.4) is 0 Å². The molecule has 2 amide bonds. The summed E-state index contributed by atoms with van der Waals surface area (Å²) in [6.45, 7) is 1.95. The van der Waals surface area contributed by atoms with Crippen molar-refractivity contribution in [2.45, 2.75) is 18.8 Å². The van der Waals surface area contributed by atoms with Gasteiger partial charge in [0.1, 0.15) is 0 Å². The third-order valence-corrected chi connectivity index (χ3v) is 7.56. The van der Waals surface area contributed by atoms with Gasteiger partial charge in [-0.3, -0.25) is 9.59 Å². The molecule has 0 spiro atoms. The number of imide groups is 1. The standard InChI is InChI=1S/C27H21NO4/c1-27-22-19-9-5-3-7-17(19)21(18-8-4-6-10-20(18)22)23(27)24(29)28(26(27)31)16-13-11-15(12-14-16)25(30)32-2/h3-14,21-23H,1-2H3. The van der Waals surface area contributed by atoms with Gasteiger partial charge in [0.25, 0.3) is 0 Å². The Hall–Kier alpha value is -3.73. The van der Waals surface area contributed by atoms with E-state index in [2.05, 4.69) is 24.3 Å². The number of esters is 1. The molecule has 3 aromatic rings. The Kier molecular flexibility index (Phi) is 3.79. The number of methoxy groups -OCH3 is 1. The minimum Gasteiger partial charge on any atom is -0.465 e. The van der Waals surface area contributed by atoms with Crippen molar-refractivity contribution in [1.29, 1.82) is 0 Å². The fraction of sp³-hybridized carbons (Fsp3) is 0.222. The van der Waals surface area contributed by atoms with Gasteiger partial charge >= 0.3 is 5.97 Å². The normalized spacial score (nSPS) is 27.1. The van der Waals surface area contributed by atoms with E-state index in [9.17, 15) is 14.4 Å². The second-order valence-electron chi connectivity index (χ2n) is 8.95. The number of carbonyl (C=O) groups is 3. The highest BCUT2D eigenvalue weighted by Crippen LogP contribution is 2.67. The molecular weight excluding hydrogens is 402 g/mol. The molecule has 4 aliphatic rings. The molecule has 0 N–H and O–H groups in total. The van der Waals surface area contributed by atoms with Crippen molar-refractivity contribution >= 4 is 23.5 Å². The highest BCUT2D eigenvalue weighted by molar-refractivity contribution is 6.25. The Labute approximate surface area is 185 Å². The van der Waals surface area contributed by atoms with E-state index in [4.69, 9.17) is 4.74 Å². The number of benzene rings is 3. The van der Waals surface area contributed by atoms with Crippen molar-refractivity contribution in [2.24, 2.45) is 11.3 Å². The number of hydrogen-bond donors (Lipinski definition) is 0. The molecule has 7 rings (SSSR count). The van der Waals surface area contributed by atoms with Crippen molar-refractivity contribution in [2.75, 3.05) is 12.0 Å². The van der Waals surface area contributed by atoms with Crippen LogP contribution in [0.25, 0.3) is 0 Å². The van der Waals surface area contributed by atoms with Crippen LogP contribution in [0.2, 0.25) is 0 Å². The molecule has 0 radical (unpaired) electrons. The van der Waals surface area contributed by atoms with Gasteiger partial charge in [-0.05, 0) is 53.4 Å². The minimum atomic E-state index is -0.870. The lowest BCUT2D eigenvalue weighted by Crippen LogP contribution is -2.49. The van der Waals surface area contributed by atoms with Crippen LogP contribution < -0.4 is 4.90 Å². The maximum atomic E-state index is 14.0. The molecule has 32 heavy (non-hydrogen) atoms. The van der Waals surface area contributed by atoms with Gasteiger partial charge in [-0.1, -0.05) is 48.5 Å². The third kappa shape index (κ3) is 2.15. The van der Waals surface area contributed by atoms with Crippen molar-refractivity contribution in [3.05, 3.63) is 101 Å². The third-order valence-electron chi connectivity index (χ3n) is 7.56. The first-order valence-corrected chi connectivity index (χ1v) is 10.7. The van der Waals surface area contributed by atoms with E-state index < -0.39 is 17.3 Å². The smallest absolute Gasteiger partial charge is 0.337 e. The Morgan fingerprint density at radius 3 is 1.91 bits per heavy atom. The molecule has 5 nitrogen and oxygen atoms in total. The van der Waals surface area contributed by atoms with E-state index in [-0.39, 0.29) is 23.7 Å². The zero-order chi connectivity index (χ0) is 22.2. The number of amides is 2. The maximum absolute atomic E-state index is 14.0. The molecule has 2 unspecified atom stereocenters. The van der Waals surface area contributed by atoms with Gasteiger partial charge in [0, 0.05) is 11.8 Å². The van der Waals surface area contributed by atoms with Crippen LogP contribution in [-0.2, 0) is 14.3 Å². The molecule has 3 aliphatic carbocycles. The van der Waals surface area contributed by atoms with E-state index in [0.717, 1.165) is 22.3 Å². The van der Waals surface area contributed by atoms with Gasteiger partial charge in [-0.25, -0.2) is 9.69 Å². The second kappa shape index (κ2) is 6.39. The van der Waals surface area contributed by atoms with Crippen LogP contribution in [0, 0.1) is 11.3 Å². The molecule has 5 heteroatoms. The largest absolute Gasteiger partial charge is 0.465 e. The summed E-state index contributed by atoms with van der Waals surface area (Å²) in [4.78, 5) is 41.0. The number of ether oxygens (including phenoxy) is 1. The van der Waals surface area contributed by atoms with Crippen LogP contribution >= 0.6 is 0 Å². The zero-order valence-electron chi connectivity index (χ0n) is 17.7. The predicted octanol–water partition coefficient (Wildman–Crippen LogP) is 4.26. The SMILES string of the molecule is COC(=O)c1ccc(N2C(=O)C3C4c5ccccc5C(c5ccccc54)C3(C)C2=O)cc1. The molecule has 1 saturated heterocycles. The van der Waals surface area contributed by atoms with E-state index in [1.54, 1.807) is 24.3 Å². The van der Waals surface area contributed by atoms with Crippen molar-refractivity contribution in [3.63, 3.8) is 0 Å². The summed E-state index contributed by atoms with van der Waals surface area (Å²) < 4.78 is 4.76. The Morgan fingerprint density at radius 2 is 1.38 bits per heavy atom. The quantitative estimate of drug-likeness (QED) is 0.456. The number of nitrogens with zero attached hydrogens (tertiary/aromatic N) is 1. The fourth-order valence-electron chi connectivity index (χ4n) is 6.22. The number of anilines is 1. The Balaban J connectivity index is 1.52. The van der Waals surface area contributed by atoms with Gasteiger partial charge in [0.05, 0.1) is 29.7 Å². The lowest BCUT2D eigenvalue weighted by Gasteiger charge is -2.51. The summed E-state index contributed by atoms with van der Waals surface area (Å²) in [5.41, 5.74) is 4.55. The number of carbonyl (C=O) groups excluding carboxylic acids is 3. The van der Waals surface area contributed by atoms with Crippen LogP contribution in [0.5, 0.6) is 0 Å². The van der Waals surface area contributed by atoms with Gasteiger partial charge in [-0.15, -0.1) is 0 Å². The maximum Gasteiger partial charge on any atom is 0.337 e. The van der Waals surface area contributed by atoms with Crippen LogP contribution in [0.4, 0.5) is 5.69 Å². The Morgan fingerprint density at radius 1 is 0.844 bits per heavy atom. The van der Waals surface area contributed by atoms with Crippen LogP contribution in [0.1, 0.15) is 51.4 Å². The monoisotopic (exact) mass is 423 g/mol. The van der Waals surface area contributed by atoms with Gasteiger partial charge in [0.15, 0.2) is 0 Å². The van der Waals surface area contributed by atoms with Crippen molar-refractivity contribution in [1.82, 2.24) is 0 Å². The Bertz CT molecular complexity index is 1260. The summed E-state index contributed by atoms with van der Waals surface area (Å²) in [6, 6.07) is 22.8. The predicted molar refractivity (Wildman–Crippen MR) is 118 cm³/mol. The average molecular weight is 423 g/mol. The molecule has 0 aromatic heterocycles. The van der Waals surface area contributed by atoms with E-state index >= 15 is 0 Å². The molecule has 2 atom stereocenters. The highest BCUT2D eigenvalue weighted by Gasteiger charge is 2.68. The summed E-state index contributed by atoms with van der Waals surface area (Å²) in [5, 5.41) is 0.